The average molecular weight is 220 g/mol. The van der Waals surface area contributed by atoms with Gasteiger partial charge < -0.3 is 4.42 Å². The second-order valence-corrected chi connectivity index (χ2v) is 4.55. The number of para-hydroxylation sites is 1. The molecule has 1 heterocycles. The van der Waals surface area contributed by atoms with Crippen LogP contribution < -0.4 is 0 Å². The molecule has 0 unspecified atom stereocenters. The minimum absolute atomic E-state index is 1.01. The fourth-order valence-corrected chi connectivity index (χ4v) is 2.80. The summed E-state index contributed by atoms with van der Waals surface area (Å²) in [6.07, 6.45) is 2.10. The quantitative estimate of drug-likeness (QED) is 0.553. The SMILES string of the molecule is c1ccc2c(c1)CCc1oc3ccccc3c1-2. The van der Waals surface area contributed by atoms with Crippen LogP contribution in [-0.4, -0.2) is 0 Å². The van der Waals surface area contributed by atoms with Gasteiger partial charge in [0.2, 0.25) is 0 Å². The predicted molar refractivity (Wildman–Crippen MR) is 69.1 cm³/mol. The van der Waals surface area contributed by atoms with Crippen LogP contribution in [0.15, 0.2) is 52.9 Å². The molecule has 1 aliphatic carbocycles. The van der Waals surface area contributed by atoms with Crippen molar-refractivity contribution in [2.45, 2.75) is 12.8 Å². The highest BCUT2D eigenvalue weighted by molar-refractivity contribution is 5.97. The van der Waals surface area contributed by atoms with Gasteiger partial charge in [-0.25, -0.2) is 0 Å². The van der Waals surface area contributed by atoms with Crippen molar-refractivity contribution < 1.29 is 4.42 Å². The summed E-state index contributed by atoms with van der Waals surface area (Å²) in [6, 6.07) is 17.0. The van der Waals surface area contributed by atoms with Gasteiger partial charge in [0.1, 0.15) is 11.3 Å². The average Bonchev–Trinajstić information content (AvgIpc) is 2.77. The first-order valence-corrected chi connectivity index (χ1v) is 6.02. The van der Waals surface area contributed by atoms with Gasteiger partial charge in [-0.2, -0.15) is 0 Å². The Bertz CT molecular complexity index is 706. The smallest absolute Gasteiger partial charge is 0.134 e. The molecule has 0 fully saturated rings. The van der Waals surface area contributed by atoms with Crippen LogP contribution in [0.5, 0.6) is 0 Å². The van der Waals surface area contributed by atoms with Crippen LogP contribution in [0.2, 0.25) is 0 Å². The summed E-state index contributed by atoms with van der Waals surface area (Å²) >= 11 is 0. The van der Waals surface area contributed by atoms with Crippen molar-refractivity contribution in [3.63, 3.8) is 0 Å². The van der Waals surface area contributed by atoms with Gasteiger partial charge in [0.15, 0.2) is 0 Å². The van der Waals surface area contributed by atoms with Gasteiger partial charge in [-0.1, -0.05) is 42.5 Å². The molecular weight excluding hydrogens is 208 g/mol. The fraction of sp³-hybridized carbons (Fsp3) is 0.125. The summed E-state index contributed by atoms with van der Waals surface area (Å²) in [5.41, 5.74) is 5.10. The largest absolute Gasteiger partial charge is 0.460 e. The Morgan fingerprint density at radius 3 is 2.65 bits per heavy atom. The Hall–Kier alpha value is -2.02. The molecule has 1 heteroatoms. The number of hydrogen-bond acceptors (Lipinski definition) is 1. The summed E-state index contributed by atoms with van der Waals surface area (Å²) in [5, 5.41) is 1.25. The van der Waals surface area contributed by atoms with Crippen LogP contribution in [0.25, 0.3) is 22.1 Å². The molecule has 4 rings (SSSR count). The Morgan fingerprint density at radius 2 is 1.65 bits per heavy atom. The maximum Gasteiger partial charge on any atom is 0.134 e. The number of fused-ring (bicyclic) bond motifs is 5. The van der Waals surface area contributed by atoms with Gasteiger partial charge in [0.25, 0.3) is 0 Å². The number of furan rings is 1. The van der Waals surface area contributed by atoms with Crippen molar-refractivity contribution >= 4 is 11.0 Å². The van der Waals surface area contributed by atoms with E-state index in [1.54, 1.807) is 0 Å². The van der Waals surface area contributed by atoms with Crippen LogP contribution >= 0.6 is 0 Å². The highest BCUT2D eigenvalue weighted by atomic mass is 16.3. The molecule has 0 atom stereocenters. The van der Waals surface area contributed by atoms with Gasteiger partial charge >= 0.3 is 0 Å². The monoisotopic (exact) mass is 220 g/mol. The summed E-state index contributed by atoms with van der Waals surface area (Å²) in [7, 11) is 0. The van der Waals surface area contributed by atoms with Crippen LogP contribution in [0.3, 0.4) is 0 Å². The molecule has 1 nitrogen and oxygen atoms in total. The Morgan fingerprint density at radius 1 is 0.824 bits per heavy atom. The van der Waals surface area contributed by atoms with E-state index in [1.807, 2.05) is 6.07 Å². The molecule has 0 aliphatic heterocycles. The van der Waals surface area contributed by atoms with Crippen LogP contribution in [-0.2, 0) is 12.8 Å². The van der Waals surface area contributed by atoms with Crippen LogP contribution in [0.4, 0.5) is 0 Å². The molecule has 0 saturated heterocycles. The van der Waals surface area contributed by atoms with Crippen molar-refractivity contribution in [1.82, 2.24) is 0 Å². The summed E-state index contributed by atoms with van der Waals surface area (Å²) in [5.74, 6) is 1.14. The molecule has 1 aliphatic rings. The third-order valence-corrected chi connectivity index (χ3v) is 3.58. The Kier molecular flexibility index (Phi) is 1.72. The highest BCUT2D eigenvalue weighted by Gasteiger charge is 2.21. The van der Waals surface area contributed by atoms with E-state index in [9.17, 15) is 0 Å². The molecule has 2 aromatic carbocycles. The lowest BCUT2D eigenvalue weighted by atomic mass is 9.88. The first kappa shape index (κ1) is 9.06. The Balaban J connectivity index is 2.14. The normalized spacial score (nSPS) is 13.4. The molecule has 82 valence electrons. The molecule has 3 aromatic rings. The van der Waals surface area contributed by atoms with E-state index >= 15 is 0 Å². The van der Waals surface area contributed by atoms with E-state index in [4.69, 9.17) is 4.42 Å². The lowest BCUT2D eigenvalue weighted by molar-refractivity contribution is 0.546. The van der Waals surface area contributed by atoms with Crippen molar-refractivity contribution in [2.75, 3.05) is 0 Å². The minimum Gasteiger partial charge on any atom is -0.460 e. The third kappa shape index (κ3) is 1.19. The van der Waals surface area contributed by atoms with Crippen molar-refractivity contribution in [3.05, 3.63) is 59.9 Å². The molecule has 0 spiro atoms. The van der Waals surface area contributed by atoms with E-state index < -0.39 is 0 Å². The van der Waals surface area contributed by atoms with Crippen molar-refractivity contribution in [3.8, 4) is 11.1 Å². The van der Waals surface area contributed by atoms with Crippen LogP contribution in [0, 0.1) is 0 Å². The molecule has 1 aromatic heterocycles. The predicted octanol–water partition coefficient (Wildman–Crippen LogP) is 4.20. The molecule has 0 bridgehead atoms. The van der Waals surface area contributed by atoms with E-state index in [2.05, 4.69) is 42.5 Å². The van der Waals surface area contributed by atoms with Gasteiger partial charge in [-0.3, -0.25) is 0 Å². The summed E-state index contributed by atoms with van der Waals surface area (Å²) < 4.78 is 5.95. The lowest BCUT2D eigenvalue weighted by Crippen LogP contribution is -2.00. The molecular formula is C16H12O. The molecule has 0 saturated carbocycles. The van der Waals surface area contributed by atoms with E-state index in [-0.39, 0.29) is 0 Å². The molecule has 0 amide bonds. The van der Waals surface area contributed by atoms with E-state index in [0.717, 1.165) is 24.2 Å². The maximum absolute atomic E-state index is 5.95. The summed E-state index contributed by atoms with van der Waals surface area (Å²) in [6.45, 7) is 0. The van der Waals surface area contributed by atoms with Crippen LogP contribution in [0.1, 0.15) is 11.3 Å². The second kappa shape index (κ2) is 3.24. The fourth-order valence-electron chi connectivity index (χ4n) is 2.80. The third-order valence-electron chi connectivity index (χ3n) is 3.58. The highest BCUT2D eigenvalue weighted by Crippen LogP contribution is 2.40. The molecule has 0 radical (unpaired) electrons. The first-order valence-electron chi connectivity index (χ1n) is 6.02. The first-order chi connectivity index (χ1) is 8.43. The topological polar surface area (TPSA) is 13.1 Å². The minimum atomic E-state index is 1.01. The summed E-state index contributed by atoms with van der Waals surface area (Å²) in [4.78, 5) is 0. The van der Waals surface area contributed by atoms with Crippen molar-refractivity contribution in [2.24, 2.45) is 0 Å². The molecule has 0 N–H and O–H groups in total. The van der Waals surface area contributed by atoms with Crippen molar-refractivity contribution in [1.29, 1.82) is 0 Å². The van der Waals surface area contributed by atoms with E-state index in [0.29, 0.717) is 0 Å². The second-order valence-electron chi connectivity index (χ2n) is 4.55. The zero-order valence-corrected chi connectivity index (χ0v) is 9.44. The van der Waals surface area contributed by atoms with Gasteiger partial charge in [-0.15, -0.1) is 0 Å². The maximum atomic E-state index is 5.95. The lowest BCUT2D eigenvalue weighted by Gasteiger charge is -2.14. The molecule has 17 heavy (non-hydrogen) atoms. The zero-order valence-electron chi connectivity index (χ0n) is 9.44. The standard InChI is InChI=1S/C16H12O/c1-2-6-12-11(5-1)9-10-15-16(12)13-7-3-4-8-14(13)17-15/h1-8H,9-10H2. The van der Waals surface area contributed by atoms with Gasteiger partial charge in [0.05, 0.1) is 0 Å². The number of aryl methyl sites for hydroxylation is 2. The Labute approximate surface area is 99.7 Å². The zero-order chi connectivity index (χ0) is 11.2. The number of benzene rings is 2. The number of rotatable bonds is 0. The van der Waals surface area contributed by atoms with Gasteiger partial charge in [0, 0.05) is 17.4 Å². The van der Waals surface area contributed by atoms with E-state index in [1.165, 1.54) is 22.1 Å². The van der Waals surface area contributed by atoms with Gasteiger partial charge in [-0.05, 0) is 23.6 Å². The number of hydrogen-bond donors (Lipinski definition) is 0.